The highest BCUT2D eigenvalue weighted by Crippen LogP contribution is 2.26. The summed E-state index contributed by atoms with van der Waals surface area (Å²) in [5.41, 5.74) is 8.39. The fourth-order valence-corrected chi connectivity index (χ4v) is 2.44. The van der Waals surface area contributed by atoms with Crippen LogP contribution in [0.15, 0.2) is 48.5 Å². The largest absolute Gasteiger partial charge is 0.320 e. The van der Waals surface area contributed by atoms with E-state index in [-0.39, 0.29) is 6.04 Å². The van der Waals surface area contributed by atoms with Crippen LogP contribution in [0.4, 0.5) is 0 Å². The second kappa shape index (κ2) is 5.17. The Hall–Kier alpha value is -0.580. The van der Waals surface area contributed by atoms with Crippen LogP contribution in [0, 0.1) is 3.57 Å². The monoisotopic (exact) mass is 343 g/mol. The minimum Gasteiger partial charge on any atom is -0.320 e. The third-order valence-corrected chi connectivity index (χ3v) is 3.67. The van der Waals surface area contributed by atoms with Crippen molar-refractivity contribution >= 4 is 34.2 Å². The van der Waals surface area contributed by atoms with Crippen LogP contribution in [-0.2, 0) is 0 Å². The van der Waals surface area contributed by atoms with Gasteiger partial charge in [-0.3, -0.25) is 0 Å². The van der Waals surface area contributed by atoms with Crippen LogP contribution in [0.25, 0.3) is 0 Å². The summed E-state index contributed by atoms with van der Waals surface area (Å²) in [5, 5.41) is 0.724. The van der Waals surface area contributed by atoms with E-state index < -0.39 is 0 Å². The molecule has 16 heavy (non-hydrogen) atoms. The second-order valence-electron chi connectivity index (χ2n) is 3.55. The first-order valence-electron chi connectivity index (χ1n) is 4.94. The average molecular weight is 344 g/mol. The van der Waals surface area contributed by atoms with Crippen LogP contribution in [-0.4, -0.2) is 0 Å². The van der Waals surface area contributed by atoms with Crippen molar-refractivity contribution in [3.8, 4) is 0 Å². The van der Waals surface area contributed by atoms with Gasteiger partial charge in [-0.2, -0.15) is 0 Å². The molecule has 0 saturated heterocycles. The maximum atomic E-state index is 6.22. The lowest BCUT2D eigenvalue weighted by Gasteiger charge is -2.14. The van der Waals surface area contributed by atoms with Crippen molar-refractivity contribution in [3.63, 3.8) is 0 Å². The number of benzene rings is 2. The summed E-state index contributed by atoms with van der Waals surface area (Å²) in [6.45, 7) is 0. The van der Waals surface area contributed by atoms with Gasteiger partial charge in [0.25, 0.3) is 0 Å². The molecule has 2 aromatic carbocycles. The summed E-state index contributed by atoms with van der Waals surface area (Å²) in [5.74, 6) is 0. The van der Waals surface area contributed by atoms with Gasteiger partial charge >= 0.3 is 0 Å². The van der Waals surface area contributed by atoms with Crippen molar-refractivity contribution in [2.45, 2.75) is 6.04 Å². The van der Waals surface area contributed by atoms with Gasteiger partial charge in [-0.25, -0.2) is 0 Å². The first kappa shape index (κ1) is 11.9. The van der Waals surface area contributed by atoms with Gasteiger partial charge in [0.15, 0.2) is 0 Å². The maximum absolute atomic E-state index is 6.22. The minimum atomic E-state index is -0.119. The Labute approximate surface area is 114 Å². The zero-order chi connectivity index (χ0) is 11.5. The van der Waals surface area contributed by atoms with Crippen molar-refractivity contribution in [2.24, 2.45) is 5.73 Å². The molecule has 0 amide bonds. The lowest BCUT2D eigenvalue weighted by Crippen LogP contribution is -2.13. The van der Waals surface area contributed by atoms with E-state index in [0.717, 1.165) is 19.7 Å². The number of halogens is 2. The lowest BCUT2D eigenvalue weighted by molar-refractivity contribution is 0.865. The third kappa shape index (κ3) is 2.56. The standard InChI is InChI=1S/C13H11ClIN/c14-10-6-7-12(15)11(8-10)13(16)9-4-2-1-3-5-9/h1-8,13H,16H2. The molecule has 0 aliphatic rings. The average Bonchev–Trinajstić information content (AvgIpc) is 2.32. The van der Waals surface area contributed by atoms with Crippen LogP contribution >= 0.6 is 34.2 Å². The lowest BCUT2D eigenvalue weighted by atomic mass is 10.00. The Morgan fingerprint density at radius 3 is 2.44 bits per heavy atom. The van der Waals surface area contributed by atoms with E-state index in [1.807, 2.05) is 48.5 Å². The maximum Gasteiger partial charge on any atom is 0.0562 e. The SMILES string of the molecule is NC(c1ccccc1)c1cc(Cl)ccc1I. The first-order chi connectivity index (χ1) is 7.68. The van der Waals surface area contributed by atoms with Crippen LogP contribution < -0.4 is 5.73 Å². The topological polar surface area (TPSA) is 26.0 Å². The van der Waals surface area contributed by atoms with Gasteiger partial charge in [0.05, 0.1) is 6.04 Å². The zero-order valence-electron chi connectivity index (χ0n) is 8.53. The molecule has 0 bridgehead atoms. The Morgan fingerprint density at radius 2 is 1.75 bits per heavy atom. The van der Waals surface area contributed by atoms with Crippen molar-refractivity contribution < 1.29 is 0 Å². The van der Waals surface area contributed by atoms with Gasteiger partial charge in [0.2, 0.25) is 0 Å². The van der Waals surface area contributed by atoms with Gasteiger partial charge < -0.3 is 5.73 Å². The molecular formula is C13H11ClIN. The quantitative estimate of drug-likeness (QED) is 0.820. The molecule has 0 fully saturated rings. The highest BCUT2D eigenvalue weighted by atomic mass is 127. The normalized spacial score (nSPS) is 12.4. The van der Waals surface area contributed by atoms with Crippen LogP contribution in [0.2, 0.25) is 5.02 Å². The van der Waals surface area contributed by atoms with E-state index in [0.29, 0.717) is 0 Å². The summed E-state index contributed by atoms with van der Waals surface area (Å²) < 4.78 is 1.14. The van der Waals surface area contributed by atoms with Crippen molar-refractivity contribution in [1.82, 2.24) is 0 Å². The van der Waals surface area contributed by atoms with E-state index in [1.165, 1.54) is 0 Å². The molecule has 0 spiro atoms. The van der Waals surface area contributed by atoms with Crippen molar-refractivity contribution in [3.05, 3.63) is 68.3 Å². The number of hydrogen-bond donors (Lipinski definition) is 1. The zero-order valence-corrected chi connectivity index (χ0v) is 11.4. The van der Waals surface area contributed by atoms with E-state index in [2.05, 4.69) is 22.6 Å². The molecule has 2 aromatic rings. The summed E-state index contributed by atoms with van der Waals surface area (Å²) in [7, 11) is 0. The molecule has 0 aromatic heterocycles. The summed E-state index contributed by atoms with van der Waals surface area (Å²) in [6.07, 6.45) is 0. The van der Waals surface area contributed by atoms with Gasteiger partial charge in [0.1, 0.15) is 0 Å². The molecule has 2 N–H and O–H groups in total. The molecular weight excluding hydrogens is 333 g/mol. The molecule has 0 aliphatic heterocycles. The van der Waals surface area contributed by atoms with Gasteiger partial charge in [-0.1, -0.05) is 41.9 Å². The Morgan fingerprint density at radius 1 is 1.06 bits per heavy atom. The summed E-state index contributed by atoms with van der Waals surface area (Å²) >= 11 is 8.27. The Bertz CT molecular complexity index is 485. The van der Waals surface area contributed by atoms with Crippen molar-refractivity contribution in [2.75, 3.05) is 0 Å². The Kier molecular flexibility index (Phi) is 3.84. The fraction of sp³-hybridized carbons (Fsp3) is 0.0769. The third-order valence-electron chi connectivity index (χ3n) is 2.45. The highest BCUT2D eigenvalue weighted by molar-refractivity contribution is 14.1. The molecule has 82 valence electrons. The van der Waals surface area contributed by atoms with E-state index in [4.69, 9.17) is 17.3 Å². The predicted molar refractivity (Wildman–Crippen MR) is 76.6 cm³/mol. The molecule has 0 aliphatic carbocycles. The Balaban J connectivity index is 2.41. The second-order valence-corrected chi connectivity index (χ2v) is 5.15. The number of hydrogen-bond acceptors (Lipinski definition) is 1. The molecule has 3 heteroatoms. The van der Waals surface area contributed by atoms with Crippen molar-refractivity contribution in [1.29, 1.82) is 0 Å². The van der Waals surface area contributed by atoms with Crippen LogP contribution in [0.3, 0.4) is 0 Å². The molecule has 1 unspecified atom stereocenters. The summed E-state index contributed by atoms with van der Waals surface area (Å²) in [6, 6.07) is 15.7. The molecule has 1 nitrogen and oxygen atoms in total. The predicted octanol–water partition coefficient (Wildman–Crippen LogP) is 3.99. The van der Waals surface area contributed by atoms with E-state index in [9.17, 15) is 0 Å². The summed E-state index contributed by atoms with van der Waals surface area (Å²) in [4.78, 5) is 0. The molecule has 0 radical (unpaired) electrons. The molecule has 1 atom stereocenters. The van der Waals surface area contributed by atoms with E-state index >= 15 is 0 Å². The van der Waals surface area contributed by atoms with Gasteiger partial charge in [-0.05, 0) is 51.9 Å². The fourth-order valence-electron chi connectivity index (χ4n) is 1.59. The first-order valence-corrected chi connectivity index (χ1v) is 6.39. The van der Waals surface area contributed by atoms with Crippen LogP contribution in [0.1, 0.15) is 17.2 Å². The number of nitrogens with two attached hydrogens (primary N) is 1. The van der Waals surface area contributed by atoms with Gasteiger partial charge in [-0.15, -0.1) is 0 Å². The van der Waals surface area contributed by atoms with Crippen LogP contribution in [0.5, 0.6) is 0 Å². The smallest absolute Gasteiger partial charge is 0.0562 e. The molecule has 2 rings (SSSR count). The molecule has 0 saturated carbocycles. The molecule has 0 heterocycles. The minimum absolute atomic E-state index is 0.119. The van der Waals surface area contributed by atoms with Gasteiger partial charge in [0, 0.05) is 8.59 Å². The highest BCUT2D eigenvalue weighted by Gasteiger charge is 2.11. The number of rotatable bonds is 2. The van der Waals surface area contributed by atoms with E-state index in [1.54, 1.807) is 0 Å².